The topological polar surface area (TPSA) is 17.1 Å². The van der Waals surface area contributed by atoms with E-state index in [2.05, 4.69) is 0 Å². The molecule has 5 heteroatoms. The van der Waals surface area contributed by atoms with Gasteiger partial charge in [0.15, 0.2) is 5.78 Å². The SMILES string of the molecule is CC(=O)C(=C(F)C(F)(F)F)c1ccccc1. The molecular formula is C11H8F4O. The van der Waals surface area contributed by atoms with E-state index in [0.717, 1.165) is 6.92 Å². The molecule has 0 saturated heterocycles. The molecule has 0 spiro atoms. The summed E-state index contributed by atoms with van der Waals surface area (Å²) in [7, 11) is 0. The van der Waals surface area contributed by atoms with Crippen molar-refractivity contribution < 1.29 is 22.4 Å². The summed E-state index contributed by atoms with van der Waals surface area (Å²) in [6.07, 6.45) is -5.14. The summed E-state index contributed by atoms with van der Waals surface area (Å²) >= 11 is 0. The smallest absolute Gasteiger partial charge is 0.294 e. The molecule has 0 radical (unpaired) electrons. The molecule has 16 heavy (non-hydrogen) atoms. The van der Waals surface area contributed by atoms with Gasteiger partial charge in [0.2, 0.25) is 5.83 Å². The Morgan fingerprint density at radius 2 is 1.62 bits per heavy atom. The second-order valence-corrected chi connectivity index (χ2v) is 3.11. The predicted octanol–water partition coefficient (Wildman–Crippen LogP) is 3.52. The Bertz CT molecular complexity index is 417. The number of rotatable bonds is 2. The van der Waals surface area contributed by atoms with E-state index in [-0.39, 0.29) is 5.56 Å². The van der Waals surface area contributed by atoms with Gasteiger partial charge in [-0.2, -0.15) is 13.2 Å². The minimum Gasteiger partial charge on any atom is -0.294 e. The lowest BCUT2D eigenvalue weighted by Crippen LogP contribution is -2.13. The van der Waals surface area contributed by atoms with E-state index in [4.69, 9.17) is 0 Å². The Morgan fingerprint density at radius 1 is 1.12 bits per heavy atom. The molecule has 0 saturated carbocycles. The van der Waals surface area contributed by atoms with Crippen molar-refractivity contribution in [3.8, 4) is 0 Å². The number of hydrogen-bond acceptors (Lipinski definition) is 1. The lowest BCUT2D eigenvalue weighted by atomic mass is 10.0. The molecule has 0 amide bonds. The molecule has 0 unspecified atom stereocenters. The molecule has 0 aliphatic carbocycles. The van der Waals surface area contributed by atoms with E-state index < -0.39 is 23.4 Å². The third-order valence-corrected chi connectivity index (χ3v) is 1.88. The Balaban J connectivity index is 3.37. The zero-order valence-electron chi connectivity index (χ0n) is 8.31. The van der Waals surface area contributed by atoms with E-state index in [1.165, 1.54) is 24.3 Å². The van der Waals surface area contributed by atoms with E-state index in [1.54, 1.807) is 6.07 Å². The maximum absolute atomic E-state index is 13.0. The highest BCUT2D eigenvalue weighted by atomic mass is 19.4. The number of carbonyl (C=O) groups is 1. The molecule has 0 N–H and O–H groups in total. The molecule has 0 aliphatic rings. The van der Waals surface area contributed by atoms with E-state index >= 15 is 0 Å². The van der Waals surface area contributed by atoms with Gasteiger partial charge < -0.3 is 0 Å². The largest absolute Gasteiger partial charge is 0.443 e. The third-order valence-electron chi connectivity index (χ3n) is 1.88. The van der Waals surface area contributed by atoms with Crippen LogP contribution in [-0.4, -0.2) is 12.0 Å². The van der Waals surface area contributed by atoms with Crippen molar-refractivity contribution in [2.75, 3.05) is 0 Å². The van der Waals surface area contributed by atoms with Crippen molar-refractivity contribution in [2.45, 2.75) is 13.1 Å². The van der Waals surface area contributed by atoms with E-state index in [9.17, 15) is 22.4 Å². The molecular weight excluding hydrogens is 224 g/mol. The van der Waals surface area contributed by atoms with Gasteiger partial charge in [0.05, 0.1) is 5.57 Å². The first-order valence-electron chi connectivity index (χ1n) is 4.37. The van der Waals surface area contributed by atoms with Gasteiger partial charge in [-0.25, -0.2) is 4.39 Å². The van der Waals surface area contributed by atoms with Crippen molar-refractivity contribution >= 4 is 11.4 Å². The number of hydrogen-bond donors (Lipinski definition) is 0. The Kier molecular flexibility index (Phi) is 3.47. The Hall–Kier alpha value is -1.65. The number of benzene rings is 1. The van der Waals surface area contributed by atoms with Crippen LogP contribution in [0.5, 0.6) is 0 Å². The fraction of sp³-hybridized carbons (Fsp3) is 0.182. The fourth-order valence-corrected chi connectivity index (χ4v) is 1.23. The molecule has 1 aromatic carbocycles. The van der Waals surface area contributed by atoms with Crippen molar-refractivity contribution in [3.05, 3.63) is 41.7 Å². The number of carbonyl (C=O) groups excluding carboxylic acids is 1. The zero-order chi connectivity index (χ0) is 12.3. The van der Waals surface area contributed by atoms with Crippen molar-refractivity contribution in [3.63, 3.8) is 0 Å². The summed E-state index contributed by atoms with van der Waals surface area (Å²) < 4.78 is 49.5. The molecule has 1 nitrogen and oxygen atoms in total. The van der Waals surface area contributed by atoms with Gasteiger partial charge in [0.1, 0.15) is 0 Å². The maximum Gasteiger partial charge on any atom is 0.443 e. The van der Waals surface area contributed by atoms with Crippen molar-refractivity contribution in [2.24, 2.45) is 0 Å². The van der Waals surface area contributed by atoms with Crippen LogP contribution in [0.25, 0.3) is 5.57 Å². The summed E-state index contributed by atoms with van der Waals surface area (Å²) in [6.45, 7) is 0.896. The quantitative estimate of drug-likeness (QED) is 0.563. The molecule has 0 aromatic heterocycles. The van der Waals surface area contributed by atoms with Gasteiger partial charge in [0, 0.05) is 0 Å². The molecule has 0 heterocycles. The van der Waals surface area contributed by atoms with Gasteiger partial charge in [-0.05, 0) is 12.5 Å². The van der Waals surface area contributed by atoms with Gasteiger partial charge in [-0.3, -0.25) is 4.79 Å². The average Bonchev–Trinajstić information content (AvgIpc) is 2.17. The summed E-state index contributed by atoms with van der Waals surface area (Å²) in [5.41, 5.74) is -1.02. The predicted molar refractivity (Wildman–Crippen MR) is 51.2 cm³/mol. The maximum atomic E-state index is 13.0. The van der Waals surface area contributed by atoms with Crippen LogP contribution in [0.4, 0.5) is 17.6 Å². The first-order valence-corrected chi connectivity index (χ1v) is 4.37. The molecule has 0 atom stereocenters. The first kappa shape index (κ1) is 12.4. The molecule has 1 rings (SSSR count). The second-order valence-electron chi connectivity index (χ2n) is 3.11. The second kappa shape index (κ2) is 4.47. The van der Waals surface area contributed by atoms with Gasteiger partial charge in [0.25, 0.3) is 0 Å². The highest BCUT2D eigenvalue weighted by Crippen LogP contribution is 2.33. The van der Waals surface area contributed by atoms with Crippen LogP contribution in [0, 0.1) is 0 Å². The Morgan fingerprint density at radius 3 is 2.00 bits per heavy atom. The monoisotopic (exact) mass is 232 g/mol. The zero-order valence-corrected chi connectivity index (χ0v) is 8.31. The fourth-order valence-electron chi connectivity index (χ4n) is 1.23. The van der Waals surface area contributed by atoms with Crippen LogP contribution >= 0.6 is 0 Å². The summed E-state index contributed by atoms with van der Waals surface area (Å²) in [4.78, 5) is 11.0. The number of alkyl halides is 3. The van der Waals surface area contributed by atoms with Crippen LogP contribution in [0.1, 0.15) is 12.5 Å². The van der Waals surface area contributed by atoms with Crippen LogP contribution in [-0.2, 0) is 4.79 Å². The van der Waals surface area contributed by atoms with E-state index in [0.29, 0.717) is 0 Å². The summed E-state index contributed by atoms with van der Waals surface area (Å²) in [5.74, 6) is -3.31. The molecule has 0 bridgehead atoms. The normalized spacial score (nSPS) is 13.3. The highest BCUT2D eigenvalue weighted by Gasteiger charge is 2.38. The van der Waals surface area contributed by atoms with Gasteiger partial charge in [-0.15, -0.1) is 0 Å². The van der Waals surface area contributed by atoms with Gasteiger partial charge in [-0.1, -0.05) is 30.3 Å². The van der Waals surface area contributed by atoms with Crippen molar-refractivity contribution in [1.82, 2.24) is 0 Å². The number of ketones is 1. The van der Waals surface area contributed by atoms with Crippen LogP contribution in [0.2, 0.25) is 0 Å². The minimum atomic E-state index is -5.14. The lowest BCUT2D eigenvalue weighted by molar-refractivity contribution is -0.116. The minimum absolute atomic E-state index is 0.0789. The van der Waals surface area contributed by atoms with Crippen LogP contribution in [0.3, 0.4) is 0 Å². The standard InChI is InChI=1S/C11H8F4O/c1-7(16)9(10(12)11(13,14)15)8-5-3-2-4-6-8/h2-6H,1H3. The summed E-state index contributed by atoms with van der Waals surface area (Å²) in [6, 6.07) is 6.93. The van der Waals surface area contributed by atoms with Crippen LogP contribution < -0.4 is 0 Å². The average molecular weight is 232 g/mol. The summed E-state index contributed by atoms with van der Waals surface area (Å²) in [5, 5.41) is 0. The number of allylic oxidation sites excluding steroid dienone is 2. The lowest BCUT2D eigenvalue weighted by Gasteiger charge is -2.09. The van der Waals surface area contributed by atoms with E-state index in [1.807, 2.05) is 0 Å². The van der Waals surface area contributed by atoms with Gasteiger partial charge >= 0.3 is 6.18 Å². The molecule has 86 valence electrons. The first-order chi connectivity index (χ1) is 7.34. The van der Waals surface area contributed by atoms with Crippen LogP contribution in [0.15, 0.2) is 36.2 Å². The third kappa shape index (κ3) is 2.68. The number of halogens is 4. The Labute approximate surface area is 89.4 Å². The molecule has 0 fully saturated rings. The number of Topliss-reactive ketones (excluding diaryl/α,β-unsaturated/α-hetero) is 1. The van der Waals surface area contributed by atoms with Crippen molar-refractivity contribution in [1.29, 1.82) is 0 Å². The molecule has 0 aliphatic heterocycles. The highest BCUT2D eigenvalue weighted by molar-refractivity contribution is 6.20. The molecule has 1 aromatic rings.